The molecule has 1 aliphatic heterocycles. The molecule has 6 heteroatoms. The fraction of sp³-hybridized carbons (Fsp3) is 0.421. The summed E-state index contributed by atoms with van der Waals surface area (Å²) < 4.78 is 1.89. The maximum absolute atomic E-state index is 12.1. The molecule has 3 rings (SSSR count). The van der Waals surface area contributed by atoms with E-state index in [2.05, 4.69) is 15.7 Å². The van der Waals surface area contributed by atoms with Crippen LogP contribution in [0.1, 0.15) is 36.9 Å². The number of carbonyl (C=O) groups is 2. The Labute approximate surface area is 147 Å². The molecule has 1 saturated heterocycles. The highest BCUT2D eigenvalue weighted by atomic mass is 16.2. The summed E-state index contributed by atoms with van der Waals surface area (Å²) in [5.74, 6) is -0.111. The van der Waals surface area contributed by atoms with Gasteiger partial charge in [0.05, 0.1) is 11.4 Å². The zero-order chi connectivity index (χ0) is 17.6. The summed E-state index contributed by atoms with van der Waals surface area (Å²) in [4.78, 5) is 23.4. The lowest BCUT2D eigenvalue weighted by Gasteiger charge is -2.22. The van der Waals surface area contributed by atoms with Gasteiger partial charge in [-0.3, -0.25) is 9.59 Å². The minimum absolute atomic E-state index is 0.0321. The van der Waals surface area contributed by atoms with Gasteiger partial charge in [-0.25, -0.2) is 4.68 Å². The Morgan fingerprint density at radius 3 is 2.92 bits per heavy atom. The maximum atomic E-state index is 12.1. The van der Waals surface area contributed by atoms with Gasteiger partial charge in [0.25, 0.3) is 0 Å². The fourth-order valence-electron chi connectivity index (χ4n) is 3.07. The maximum Gasteiger partial charge on any atom is 0.242 e. The summed E-state index contributed by atoms with van der Waals surface area (Å²) in [7, 11) is 0. The van der Waals surface area contributed by atoms with Crippen molar-refractivity contribution in [1.82, 2.24) is 20.4 Å². The van der Waals surface area contributed by atoms with Crippen molar-refractivity contribution in [2.75, 3.05) is 6.54 Å². The van der Waals surface area contributed by atoms with Crippen molar-refractivity contribution in [3.05, 3.63) is 47.8 Å². The number of nitrogens with one attached hydrogen (secondary N) is 2. The van der Waals surface area contributed by atoms with Crippen LogP contribution in [-0.4, -0.2) is 34.2 Å². The first-order valence-electron chi connectivity index (χ1n) is 8.81. The van der Waals surface area contributed by atoms with E-state index in [1.165, 1.54) is 5.56 Å². The van der Waals surface area contributed by atoms with Gasteiger partial charge in [-0.05, 0) is 50.3 Å². The second-order valence-corrected chi connectivity index (χ2v) is 6.43. The van der Waals surface area contributed by atoms with Gasteiger partial charge in [0.1, 0.15) is 6.04 Å². The normalized spacial score (nSPS) is 17.2. The number of piperidine rings is 1. The number of hydrogen-bond donors (Lipinski definition) is 2. The molecule has 1 fully saturated rings. The van der Waals surface area contributed by atoms with E-state index < -0.39 is 0 Å². The molecular formula is C19H24N4O2. The molecule has 1 aliphatic rings. The molecule has 25 heavy (non-hydrogen) atoms. The molecule has 0 aliphatic carbocycles. The molecule has 132 valence electrons. The molecule has 1 atom stereocenters. The van der Waals surface area contributed by atoms with Gasteiger partial charge in [-0.15, -0.1) is 0 Å². The predicted octanol–water partition coefficient (Wildman–Crippen LogP) is 1.90. The quantitative estimate of drug-likeness (QED) is 0.789. The summed E-state index contributed by atoms with van der Waals surface area (Å²) in [6, 6.07) is 9.64. The molecule has 2 heterocycles. The number of hydrogen-bond acceptors (Lipinski definition) is 3. The summed E-state index contributed by atoms with van der Waals surface area (Å²) in [6.45, 7) is 2.60. The molecule has 1 aromatic carbocycles. The molecule has 0 spiro atoms. The van der Waals surface area contributed by atoms with Crippen molar-refractivity contribution < 1.29 is 9.59 Å². The van der Waals surface area contributed by atoms with Crippen molar-refractivity contribution in [2.45, 2.75) is 45.1 Å². The second kappa shape index (κ2) is 7.96. The largest absolute Gasteiger partial charge is 0.354 e. The van der Waals surface area contributed by atoms with Gasteiger partial charge in [0.2, 0.25) is 11.8 Å². The Bertz CT molecular complexity index is 739. The Morgan fingerprint density at radius 2 is 2.16 bits per heavy atom. The van der Waals surface area contributed by atoms with Crippen molar-refractivity contribution in [3.8, 4) is 5.69 Å². The minimum Gasteiger partial charge on any atom is -0.354 e. The smallest absolute Gasteiger partial charge is 0.242 e. The van der Waals surface area contributed by atoms with E-state index in [1.807, 2.05) is 48.1 Å². The molecule has 1 unspecified atom stereocenters. The molecule has 0 bridgehead atoms. The van der Waals surface area contributed by atoms with Crippen LogP contribution in [0, 0.1) is 6.92 Å². The number of carbonyl (C=O) groups excluding carboxylic acids is 2. The molecule has 6 nitrogen and oxygen atoms in total. The molecule has 0 saturated carbocycles. The second-order valence-electron chi connectivity index (χ2n) is 6.43. The lowest BCUT2D eigenvalue weighted by atomic mass is 10.0. The SMILES string of the molecule is Cc1nn(-c2ccccc2)cc1CCCNC(=O)C1CCCC(=O)N1. The van der Waals surface area contributed by atoms with Crippen molar-refractivity contribution in [1.29, 1.82) is 0 Å². The number of aromatic nitrogens is 2. The zero-order valence-electron chi connectivity index (χ0n) is 14.5. The van der Waals surface area contributed by atoms with Crippen LogP contribution in [0.15, 0.2) is 36.5 Å². The van der Waals surface area contributed by atoms with Crippen LogP contribution in [0.5, 0.6) is 0 Å². The Balaban J connectivity index is 1.47. The van der Waals surface area contributed by atoms with E-state index in [-0.39, 0.29) is 17.9 Å². The molecule has 2 aromatic rings. The molecular weight excluding hydrogens is 316 g/mol. The summed E-state index contributed by atoms with van der Waals surface area (Å²) in [5, 5.41) is 10.2. The third-order valence-corrected chi connectivity index (χ3v) is 4.49. The van der Waals surface area contributed by atoms with E-state index in [9.17, 15) is 9.59 Å². The summed E-state index contributed by atoms with van der Waals surface area (Å²) >= 11 is 0. The highest BCUT2D eigenvalue weighted by Gasteiger charge is 2.23. The van der Waals surface area contributed by atoms with E-state index in [0.29, 0.717) is 13.0 Å². The highest BCUT2D eigenvalue weighted by molar-refractivity contribution is 5.88. The first-order valence-corrected chi connectivity index (χ1v) is 8.81. The van der Waals surface area contributed by atoms with Crippen molar-refractivity contribution >= 4 is 11.8 Å². The van der Waals surface area contributed by atoms with Gasteiger partial charge >= 0.3 is 0 Å². The average Bonchev–Trinajstić information content (AvgIpc) is 3.00. The van der Waals surface area contributed by atoms with Gasteiger partial charge in [0.15, 0.2) is 0 Å². The van der Waals surface area contributed by atoms with Crippen LogP contribution in [0.4, 0.5) is 0 Å². The summed E-state index contributed by atoms with van der Waals surface area (Å²) in [6.07, 6.45) is 5.77. The number of nitrogens with zero attached hydrogens (tertiary/aromatic N) is 2. The average molecular weight is 340 g/mol. The van der Waals surface area contributed by atoms with Crippen LogP contribution in [-0.2, 0) is 16.0 Å². The molecule has 2 amide bonds. The number of para-hydroxylation sites is 1. The highest BCUT2D eigenvalue weighted by Crippen LogP contribution is 2.13. The molecule has 0 radical (unpaired) electrons. The fourth-order valence-corrected chi connectivity index (χ4v) is 3.07. The predicted molar refractivity (Wildman–Crippen MR) is 95.4 cm³/mol. The van der Waals surface area contributed by atoms with E-state index in [4.69, 9.17) is 0 Å². The number of amides is 2. The van der Waals surface area contributed by atoms with Crippen LogP contribution in [0.3, 0.4) is 0 Å². The first kappa shape index (κ1) is 17.2. The van der Waals surface area contributed by atoms with Crippen molar-refractivity contribution in [2.24, 2.45) is 0 Å². The number of aryl methyl sites for hydroxylation is 2. The van der Waals surface area contributed by atoms with E-state index >= 15 is 0 Å². The third kappa shape index (κ3) is 4.47. The monoisotopic (exact) mass is 340 g/mol. The number of rotatable bonds is 6. The van der Waals surface area contributed by atoms with Gasteiger partial charge in [-0.1, -0.05) is 18.2 Å². The van der Waals surface area contributed by atoms with Crippen LogP contribution < -0.4 is 10.6 Å². The zero-order valence-corrected chi connectivity index (χ0v) is 14.5. The van der Waals surface area contributed by atoms with E-state index in [1.54, 1.807) is 0 Å². The third-order valence-electron chi connectivity index (χ3n) is 4.49. The first-order chi connectivity index (χ1) is 12.1. The van der Waals surface area contributed by atoms with Gasteiger partial charge in [-0.2, -0.15) is 5.10 Å². The van der Waals surface area contributed by atoms with Crippen LogP contribution in [0.2, 0.25) is 0 Å². The van der Waals surface area contributed by atoms with Crippen LogP contribution >= 0.6 is 0 Å². The molecule has 1 aromatic heterocycles. The Hall–Kier alpha value is -2.63. The van der Waals surface area contributed by atoms with Crippen molar-refractivity contribution in [3.63, 3.8) is 0 Å². The van der Waals surface area contributed by atoms with Gasteiger partial charge in [0, 0.05) is 19.2 Å². The Kier molecular flexibility index (Phi) is 5.48. The topological polar surface area (TPSA) is 76.0 Å². The summed E-state index contributed by atoms with van der Waals surface area (Å²) in [5.41, 5.74) is 3.23. The lowest BCUT2D eigenvalue weighted by Crippen LogP contribution is -2.49. The minimum atomic E-state index is -0.371. The van der Waals surface area contributed by atoms with Crippen LogP contribution in [0.25, 0.3) is 5.69 Å². The van der Waals surface area contributed by atoms with Gasteiger partial charge < -0.3 is 10.6 Å². The number of benzene rings is 1. The standard InChI is InChI=1S/C19H24N4O2/c1-14-15(13-23(22-14)16-8-3-2-4-9-16)7-6-12-20-19(25)17-10-5-11-18(24)21-17/h2-4,8-9,13,17H,5-7,10-12H2,1H3,(H,20,25)(H,21,24). The Morgan fingerprint density at radius 1 is 1.36 bits per heavy atom. The lowest BCUT2D eigenvalue weighted by molar-refractivity contribution is -0.130. The molecule has 2 N–H and O–H groups in total. The van der Waals surface area contributed by atoms with E-state index in [0.717, 1.165) is 37.1 Å².